The highest BCUT2D eigenvalue weighted by atomic mass is 127. The Morgan fingerprint density at radius 2 is 1.73 bits per heavy atom. The lowest BCUT2D eigenvalue weighted by Gasteiger charge is -2.18. The number of guanidine groups is 1. The monoisotopic (exact) mass is 522 g/mol. The van der Waals surface area contributed by atoms with Crippen molar-refractivity contribution in [3.05, 3.63) is 48.0 Å². The van der Waals surface area contributed by atoms with Crippen molar-refractivity contribution in [1.29, 1.82) is 0 Å². The van der Waals surface area contributed by atoms with Gasteiger partial charge in [-0.05, 0) is 43.6 Å². The summed E-state index contributed by atoms with van der Waals surface area (Å²) in [5, 5.41) is 6.50. The number of rotatable bonds is 8. The van der Waals surface area contributed by atoms with E-state index in [2.05, 4.69) is 52.0 Å². The van der Waals surface area contributed by atoms with Crippen molar-refractivity contribution in [1.82, 2.24) is 15.5 Å². The SMILES string of the molecule is CCNC(=NCCCc1ccccc1)NCCN1C(=O)C2C3C=CC(C3)C2C1=O.I. The Morgan fingerprint density at radius 1 is 1.07 bits per heavy atom. The van der Waals surface area contributed by atoms with E-state index in [0.29, 0.717) is 13.1 Å². The van der Waals surface area contributed by atoms with Crippen LogP contribution in [0, 0.1) is 23.7 Å². The van der Waals surface area contributed by atoms with Crippen molar-refractivity contribution in [2.75, 3.05) is 26.2 Å². The molecule has 4 rings (SSSR count). The Morgan fingerprint density at radius 3 is 2.37 bits per heavy atom. The lowest BCUT2D eigenvalue weighted by molar-refractivity contribution is -0.140. The Hall–Kier alpha value is -1.90. The van der Waals surface area contributed by atoms with Crippen molar-refractivity contribution in [2.24, 2.45) is 28.7 Å². The molecule has 2 N–H and O–H groups in total. The van der Waals surface area contributed by atoms with Gasteiger partial charge in [-0.3, -0.25) is 19.5 Å². The second-order valence-corrected chi connectivity index (χ2v) is 8.10. The number of hydrogen-bond donors (Lipinski definition) is 2. The number of halogens is 1. The fourth-order valence-corrected chi connectivity index (χ4v) is 4.93. The summed E-state index contributed by atoms with van der Waals surface area (Å²) in [6.07, 6.45) is 7.20. The van der Waals surface area contributed by atoms with Crippen LogP contribution in [0.1, 0.15) is 25.3 Å². The van der Waals surface area contributed by atoms with Crippen LogP contribution in [0.5, 0.6) is 0 Å². The minimum Gasteiger partial charge on any atom is -0.357 e. The van der Waals surface area contributed by atoms with E-state index in [1.807, 2.05) is 13.0 Å². The van der Waals surface area contributed by atoms with Crippen molar-refractivity contribution >= 4 is 41.8 Å². The van der Waals surface area contributed by atoms with Crippen LogP contribution >= 0.6 is 24.0 Å². The third-order valence-electron chi connectivity index (χ3n) is 6.27. The molecule has 0 spiro atoms. The van der Waals surface area contributed by atoms with Gasteiger partial charge < -0.3 is 10.6 Å². The van der Waals surface area contributed by atoms with E-state index in [1.165, 1.54) is 10.5 Å². The van der Waals surface area contributed by atoms with Crippen LogP contribution in [0.15, 0.2) is 47.5 Å². The molecule has 162 valence electrons. The van der Waals surface area contributed by atoms with Crippen LogP contribution in [-0.4, -0.2) is 48.9 Å². The van der Waals surface area contributed by atoms with Gasteiger partial charge >= 0.3 is 0 Å². The largest absolute Gasteiger partial charge is 0.357 e. The Labute approximate surface area is 195 Å². The maximum absolute atomic E-state index is 12.7. The molecule has 1 aliphatic heterocycles. The number of imide groups is 1. The Kier molecular flexibility index (Phi) is 7.91. The van der Waals surface area contributed by atoms with E-state index < -0.39 is 0 Å². The number of aryl methyl sites for hydroxylation is 1. The first kappa shape index (κ1) is 22.8. The quantitative estimate of drug-likeness (QED) is 0.138. The first-order valence-corrected chi connectivity index (χ1v) is 10.8. The predicted molar refractivity (Wildman–Crippen MR) is 129 cm³/mol. The standard InChI is InChI=1S/C23H30N4O2.HI/c1-2-24-23(25-12-6-9-16-7-4-3-5-8-16)26-13-14-27-21(28)19-17-10-11-18(15-17)20(19)22(27)29;/h3-5,7-8,10-11,17-20H,2,6,9,12-15H2,1H3,(H2,24,25,26);1H. The number of allylic oxidation sites excluding steroid dienone is 2. The van der Waals surface area contributed by atoms with Crippen LogP contribution in [0.2, 0.25) is 0 Å². The lowest BCUT2D eigenvalue weighted by Crippen LogP contribution is -2.43. The molecule has 6 nitrogen and oxygen atoms in total. The fourth-order valence-electron chi connectivity index (χ4n) is 4.93. The molecule has 0 aromatic heterocycles. The number of fused-ring (bicyclic) bond motifs is 5. The zero-order valence-corrected chi connectivity index (χ0v) is 19.8. The lowest BCUT2D eigenvalue weighted by atomic mass is 9.85. The van der Waals surface area contributed by atoms with E-state index in [4.69, 9.17) is 0 Å². The average molecular weight is 522 g/mol. The third kappa shape index (κ3) is 4.71. The van der Waals surface area contributed by atoms with Crippen molar-refractivity contribution in [3.8, 4) is 0 Å². The zero-order chi connectivity index (χ0) is 20.2. The van der Waals surface area contributed by atoms with Crippen LogP contribution in [0.4, 0.5) is 0 Å². The summed E-state index contributed by atoms with van der Waals surface area (Å²) >= 11 is 0. The highest BCUT2D eigenvalue weighted by Crippen LogP contribution is 2.52. The van der Waals surface area contributed by atoms with Gasteiger partial charge in [0.25, 0.3) is 0 Å². The van der Waals surface area contributed by atoms with Gasteiger partial charge in [-0.2, -0.15) is 0 Å². The molecule has 1 saturated heterocycles. The molecule has 30 heavy (non-hydrogen) atoms. The summed E-state index contributed by atoms with van der Waals surface area (Å²) in [5.74, 6) is 1.08. The average Bonchev–Trinajstić information content (AvgIpc) is 3.41. The van der Waals surface area contributed by atoms with E-state index in [0.717, 1.165) is 38.3 Å². The van der Waals surface area contributed by atoms with Gasteiger partial charge in [0.1, 0.15) is 0 Å². The smallest absolute Gasteiger partial charge is 0.233 e. The molecule has 2 fully saturated rings. The van der Waals surface area contributed by atoms with E-state index in [1.54, 1.807) is 0 Å². The highest BCUT2D eigenvalue weighted by molar-refractivity contribution is 14.0. The van der Waals surface area contributed by atoms with Crippen molar-refractivity contribution in [3.63, 3.8) is 0 Å². The van der Waals surface area contributed by atoms with Crippen LogP contribution in [0.25, 0.3) is 0 Å². The fraction of sp³-hybridized carbons (Fsp3) is 0.522. The number of aliphatic imine (C=N–C) groups is 1. The van der Waals surface area contributed by atoms with Crippen LogP contribution < -0.4 is 10.6 Å². The first-order chi connectivity index (χ1) is 14.2. The van der Waals surface area contributed by atoms with Gasteiger partial charge in [0.15, 0.2) is 5.96 Å². The Bertz CT molecular complexity index is 781. The maximum Gasteiger partial charge on any atom is 0.233 e. The van der Waals surface area contributed by atoms with E-state index in [9.17, 15) is 9.59 Å². The van der Waals surface area contributed by atoms with Gasteiger partial charge in [0, 0.05) is 26.2 Å². The Balaban J connectivity index is 0.00000256. The number of benzene rings is 1. The van der Waals surface area contributed by atoms with Crippen molar-refractivity contribution in [2.45, 2.75) is 26.2 Å². The second kappa shape index (κ2) is 10.4. The topological polar surface area (TPSA) is 73.8 Å². The number of amides is 2. The number of hydrogen-bond acceptors (Lipinski definition) is 3. The van der Waals surface area contributed by atoms with Gasteiger partial charge in [-0.1, -0.05) is 42.5 Å². The number of carbonyl (C=O) groups is 2. The molecule has 4 atom stereocenters. The molecule has 7 heteroatoms. The van der Waals surface area contributed by atoms with E-state index in [-0.39, 0.29) is 59.5 Å². The number of nitrogens with zero attached hydrogens (tertiary/aromatic N) is 2. The molecule has 1 saturated carbocycles. The molecule has 1 heterocycles. The number of carbonyl (C=O) groups excluding carboxylic acids is 2. The summed E-state index contributed by atoms with van der Waals surface area (Å²) < 4.78 is 0. The second-order valence-electron chi connectivity index (χ2n) is 8.10. The molecule has 2 bridgehead atoms. The first-order valence-electron chi connectivity index (χ1n) is 10.8. The van der Waals surface area contributed by atoms with Crippen LogP contribution in [0.3, 0.4) is 0 Å². The minimum absolute atomic E-state index is 0. The van der Waals surface area contributed by atoms with Gasteiger partial charge in [-0.25, -0.2) is 0 Å². The highest BCUT2D eigenvalue weighted by Gasteiger charge is 2.58. The van der Waals surface area contributed by atoms with Crippen LogP contribution in [-0.2, 0) is 16.0 Å². The third-order valence-corrected chi connectivity index (χ3v) is 6.27. The molecule has 0 radical (unpaired) electrons. The molecular weight excluding hydrogens is 491 g/mol. The summed E-state index contributed by atoms with van der Waals surface area (Å²) in [6.45, 7) is 4.44. The normalized spacial score (nSPS) is 26.7. The molecule has 1 aromatic carbocycles. The summed E-state index contributed by atoms with van der Waals surface area (Å²) in [7, 11) is 0. The molecule has 2 aliphatic carbocycles. The number of nitrogens with one attached hydrogen (secondary N) is 2. The molecular formula is C23H31IN4O2. The van der Waals surface area contributed by atoms with Gasteiger partial charge in [0.05, 0.1) is 11.8 Å². The number of likely N-dealkylation sites (tertiary alicyclic amines) is 1. The van der Waals surface area contributed by atoms with Gasteiger partial charge in [-0.15, -0.1) is 24.0 Å². The zero-order valence-electron chi connectivity index (χ0n) is 17.4. The predicted octanol–water partition coefficient (Wildman–Crippen LogP) is 2.60. The van der Waals surface area contributed by atoms with Gasteiger partial charge in [0.2, 0.25) is 11.8 Å². The maximum atomic E-state index is 12.7. The molecule has 2 amide bonds. The molecule has 1 aromatic rings. The van der Waals surface area contributed by atoms with Crippen molar-refractivity contribution < 1.29 is 9.59 Å². The molecule has 3 aliphatic rings. The van der Waals surface area contributed by atoms with E-state index >= 15 is 0 Å². The summed E-state index contributed by atoms with van der Waals surface area (Å²) in [4.78, 5) is 31.5. The summed E-state index contributed by atoms with van der Waals surface area (Å²) in [5.41, 5.74) is 1.32. The summed E-state index contributed by atoms with van der Waals surface area (Å²) in [6, 6.07) is 10.4. The minimum atomic E-state index is -0.114. The molecule has 4 unspecified atom stereocenters.